The van der Waals surface area contributed by atoms with Crippen LogP contribution in [0.3, 0.4) is 0 Å². The fourth-order valence-corrected chi connectivity index (χ4v) is 3.66. The lowest BCUT2D eigenvalue weighted by Crippen LogP contribution is -2.51. The summed E-state index contributed by atoms with van der Waals surface area (Å²) in [6, 6.07) is 5.46. The smallest absolute Gasteiger partial charge is 0.243 e. The van der Waals surface area contributed by atoms with E-state index in [1.807, 2.05) is 26.0 Å². The first-order valence-electron chi connectivity index (χ1n) is 8.27. The van der Waals surface area contributed by atoms with E-state index in [0.717, 1.165) is 37.0 Å². The molecule has 1 fully saturated rings. The van der Waals surface area contributed by atoms with Crippen LogP contribution in [0.4, 0.5) is 5.69 Å². The summed E-state index contributed by atoms with van der Waals surface area (Å²) >= 11 is 0. The number of carbonyl (C=O) groups excluding carboxylic acids is 1. The number of aryl methyl sites for hydroxylation is 2. The molecule has 6 nitrogen and oxygen atoms in total. The molecule has 134 valence electrons. The predicted molar refractivity (Wildman–Crippen MR) is 96.8 cm³/mol. The summed E-state index contributed by atoms with van der Waals surface area (Å²) in [5, 5.41) is 0. The number of hydrogen-bond donors (Lipinski definition) is 0. The largest absolute Gasteiger partial charge is 0.339 e. The minimum Gasteiger partial charge on any atom is -0.339 e. The second kappa shape index (κ2) is 7.53. The summed E-state index contributed by atoms with van der Waals surface area (Å²) < 4.78 is 25.6. The van der Waals surface area contributed by atoms with Gasteiger partial charge in [-0.2, -0.15) is 0 Å². The molecule has 24 heavy (non-hydrogen) atoms. The fraction of sp³-hybridized carbons (Fsp3) is 0.588. The van der Waals surface area contributed by atoms with Gasteiger partial charge in [-0.25, -0.2) is 8.42 Å². The van der Waals surface area contributed by atoms with Gasteiger partial charge in [0, 0.05) is 26.2 Å². The van der Waals surface area contributed by atoms with Crippen molar-refractivity contribution in [1.82, 2.24) is 9.80 Å². The molecule has 1 amide bonds. The highest BCUT2D eigenvalue weighted by atomic mass is 32.2. The number of likely N-dealkylation sites (N-methyl/N-ethyl adjacent to an activating group) is 1. The average molecular weight is 353 g/mol. The Labute approximate surface area is 145 Å². The number of piperazine rings is 1. The van der Waals surface area contributed by atoms with E-state index in [1.165, 1.54) is 4.31 Å². The molecular formula is C17H27N3O3S. The first kappa shape index (κ1) is 18.7. The number of amides is 1. The van der Waals surface area contributed by atoms with Gasteiger partial charge >= 0.3 is 0 Å². The normalized spacial score (nSPS) is 16.2. The maximum atomic E-state index is 12.6. The lowest BCUT2D eigenvalue weighted by atomic mass is 10.1. The van der Waals surface area contributed by atoms with Crippen molar-refractivity contribution in [3.8, 4) is 0 Å². The van der Waals surface area contributed by atoms with E-state index in [4.69, 9.17) is 0 Å². The Kier molecular flexibility index (Phi) is 5.87. The van der Waals surface area contributed by atoms with Crippen molar-refractivity contribution in [2.75, 3.05) is 49.8 Å². The molecule has 1 aliphatic rings. The summed E-state index contributed by atoms with van der Waals surface area (Å²) in [6.45, 7) is 9.81. The van der Waals surface area contributed by atoms with E-state index in [2.05, 4.69) is 11.8 Å². The molecule has 0 aromatic heterocycles. The second-order valence-electron chi connectivity index (χ2n) is 6.35. The summed E-state index contributed by atoms with van der Waals surface area (Å²) in [7, 11) is -3.52. The molecule has 1 aromatic rings. The van der Waals surface area contributed by atoms with Crippen molar-refractivity contribution >= 4 is 21.6 Å². The van der Waals surface area contributed by atoms with Gasteiger partial charge in [-0.1, -0.05) is 13.0 Å². The molecule has 7 heteroatoms. The number of anilines is 1. The zero-order chi connectivity index (χ0) is 17.9. The van der Waals surface area contributed by atoms with Crippen LogP contribution in [0.25, 0.3) is 0 Å². The molecule has 1 aliphatic heterocycles. The van der Waals surface area contributed by atoms with Crippen LogP contribution < -0.4 is 4.31 Å². The third kappa shape index (κ3) is 4.48. The Balaban J connectivity index is 2.15. The van der Waals surface area contributed by atoms with E-state index in [-0.39, 0.29) is 12.5 Å². The van der Waals surface area contributed by atoms with Gasteiger partial charge in [-0.05, 0) is 43.7 Å². The van der Waals surface area contributed by atoms with Gasteiger partial charge in [-0.3, -0.25) is 9.10 Å². The Morgan fingerprint density at radius 2 is 1.75 bits per heavy atom. The SMILES string of the molecule is CCN1CCN(C(=O)CN(c2ccc(C)c(C)c2)S(C)(=O)=O)CC1. The third-order valence-electron chi connectivity index (χ3n) is 4.63. The summed E-state index contributed by atoms with van der Waals surface area (Å²) in [5.74, 6) is -0.144. The van der Waals surface area contributed by atoms with Gasteiger partial charge < -0.3 is 9.80 Å². The van der Waals surface area contributed by atoms with E-state index in [9.17, 15) is 13.2 Å². The molecule has 0 N–H and O–H groups in total. The highest BCUT2D eigenvalue weighted by Crippen LogP contribution is 2.21. The quantitative estimate of drug-likeness (QED) is 0.799. The lowest BCUT2D eigenvalue weighted by Gasteiger charge is -2.35. The molecule has 0 bridgehead atoms. The number of sulfonamides is 1. The van der Waals surface area contributed by atoms with Crippen molar-refractivity contribution in [3.63, 3.8) is 0 Å². The third-order valence-corrected chi connectivity index (χ3v) is 5.77. The predicted octanol–water partition coefficient (Wildman–Crippen LogP) is 1.23. The second-order valence-corrected chi connectivity index (χ2v) is 8.26. The molecule has 0 aliphatic carbocycles. The first-order chi connectivity index (χ1) is 11.2. The Morgan fingerprint density at radius 1 is 1.12 bits per heavy atom. The maximum Gasteiger partial charge on any atom is 0.243 e. The molecule has 1 heterocycles. The topological polar surface area (TPSA) is 60.9 Å². The molecular weight excluding hydrogens is 326 g/mol. The molecule has 0 unspecified atom stereocenters. The summed E-state index contributed by atoms with van der Waals surface area (Å²) in [6.07, 6.45) is 1.14. The van der Waals surface area contributed by atoms with Gasteiger partial charge in [0.2, 0.25) is 15.9 Å². The van der Waals surface area contributed by atoms with Crippen molar-refractivity contribution in [2.24, 2.45) is 0 Å². The standard InChI is InChI=1S/C17H27N3O3S/c1-5-18-8-10-19(11-9-18)17(21)13-20(24(4,22)23)16-7-6-14(2)15(3)12-16/h6-7,12H,5,8-11,13H2,1-4H3. The van der Waals surface area contributed by atoms with Crippen LogP contribution in [0.2, 0.25) is 0 Å². The number of benzene rings is 1. The number of hydrogen-bond acceptors (Lipinski definition) is 4. The van der Waals surface area contributed by atoms with Crippen LogP contribution >= 0.6 is 0 Å². The molecule has 0 atom stereocenters. The minimum absolute atomic E-state index is 0.144. The number of rotatable bonds is 5. The summed E-state index contributed by atoms with van der Waals surface area (Å²) in [5.41, 5.74) is 2.64. The van der Waals surface area contributed by atoms with E-state index in [1.54, 1.807) is 11.0 Å². The van der Waals surface area contributed by atoms with Gasteiger partial charge in [0.25, 0.3) is 0 Å². The Bertz CT molecular complexity index is 695. The Morgan fingerprint density at radius 3 is 2.25 bits per heavy atom. The van der Waals surface area contributed by atoms with E-state index < -0.39 is 10.0 Å². The number of carbonyl (C=O) groups is 1. The maximum absolute atomic E-state index is 12.6. The molecule has 0 spiro atoms. The van der Waals surface area contributed by atoms with Crippen LogP contribution in [0.1, 0.15) is 18.1 Å². The fourth-order valence-electron chi connectivity index (χ4n) is 2.82. The molecule has 0 saturated carbocycles. The molecule has 1 saturated heterocycles. The summed E-state index contributed by atoms with van der Waals surface area (Å²) in [4.78, 5) is 16.6. The Hall–Kier alpha value is -1.60. The van der Waals surface area contributed by atoms with Crippen LogP contribution in [-0.4, -0.2) is 69.6 Å². The van der Waals surface area contributed by atoms with Gasteiger partial charge in [0.15, 0.2) is 0 Å². The highest BCUT2D eigenvalue weighted by molar-refractivity contribution is 7.92. The van der Waals surface area contributed by atoms with Gasteiger partial charge in [0.1, 0.15) is 6.54 Å². The highest BCUT2D eigenvalue weighted by Gasteiger charge is 2.26. The van der Waals surface area contributed by atoms with E-state index >= 15 is 0 Å². The van der Waals surface area contributed by atoms with Crippen LogP contribution in [0, 0.1) is 13.8 Å². The van der Waals surface area contributed by atoms with Crippen LogP contribution in [-0.2, 0) is 14.8 Å². The lowest BCUT2D eigenvalue weighted by molar-refractivity contribution is -0.131. The van der Waals surface area contributed by atoms with Crippen molar-refractivity contribution in [3.05, 3.63) is 29.3 Å². The first-order valence-corrected chi connectivity index (χ1v) is 10.1. The van der Waals surface area contributed by atoms with Crippen molar-refractivity contribution < 1.29 is 13.2 Å². The van der Waals surface area contributed by atoms with Crippen LogP contribution in [0.15, 0.2) is 18.2 Å². The zero-order valence-electron chi connectivity index (χ0n) is 14.9. The van der Waals surface area contributed by atoms with Crippen LogP contribution in [0.5, 0.6) is 0 Å². The molecule has 2 rings (SSSR count). The minimum atomic E-state index is -3.52. The average Bonchev–Trinajstić information content (AvgIpc) is 2.54. The van der Waals surface area contributed by atoms with Gasteiger partial charge in [0.05, 0.1) is 11.9 Å². The van der Waals surface area contributed by atoms with Gasteiger partial charge in [-0.15, -0.1) is 0 Å². The number of nitrogens with zero attached hydrogens (tertiary/aromatic N) is 3. The van der Waals surface area contributed by atoms with Crippen molar-refractivity contribution in [1.29, 1.82) is 0 Å². The van der Waals surface area contributed by atoms with Crippen molar-refractivity contribution in [2.45, 2.75) is 20.8 Å². The molecule has 1 aromatic carbocycles. The zero-order valence-corrected chi connectivity index (χ0v) is 15.8. The van der Waals surface area contributed by atoms with E-state index in [0.29, 0.717) is 18.8 Å². The monoisotopic (exact) mass is 353 g/mol. The molecule has 0 radical (unpaired) electrons.